The first-order valence-corrected chi connectivity index (χ1v) is 8.06. The minimum absolute atomic E-state index is 0.0954. The molecule has 1 aromatic heterocycles. The number of carbonyl (C=O) groups excluding carboxylic acids is 2. The molecule has 7 heteroatoms. The van der Waals surface area contributed by atoms with E-state index in [1.54, 1.807) is 17.2 Å². The molecule has 1 aliphatic heterocycles. The van der Waals surface area contributed by atoms with E-state index >= 15 is 0 Å². The molecule has 2 N–H and O–H groups in total. The van der Waals surface area contributed by atoms with Gasteiger partial charge in [-0.1, -0.05) is 13.0 Å². The number of hydrogen-bond donors (Lipinski definition) is 2. The lowest BCUT2D eigenvalue weighted by Crippen LogP contribution is -2.51. The Kier molecular flexibility index (Phi) is 6.34. The summed E-state index contributed by atoms with van der Waals surface area (Å²) in [6.07, 6.45) is 1.93. The highest BCUT2D eigenvalue weighted by atomic mass is 16.2. The van der Waals surface area contributed by atoms with Crippen LogP contribution >= 0.6 is 0 Å². The molecule has 0 spiro atoms. The highest BCUT2D eigenvalue weighted by molar-refractivity contribution is 5.90. The second kappa shape index (κ2) is 8.47. The Morgan fingerprint density at radius 3 is 2.57 bits per heavy atom. The first-order chi connectivity index (χ1) is 11.1. The zero-order valence-electron chi connectivity index (χ0n) is 13.8. The number of anilines is 1. The van der Waals surface area contributed by atoms with Crippen LogP contribution in [0, 0.1) is 6.92 Å². The van der Waals surface area contributed by atoms with Crippen LogP contribution in [0.2, 0.25) is 0 Å². The van der Waals surface area contributed by atoms with Crippen LogP contribution in [0.4, 0.5) is 10.6 Å². The van der Waals surface area contributed by atoms with Crippen molar-refractivity contribution >= 4 is 17.8 Å². The molecule has 3 amide bonds. The van der Waals surface area contributed by atoms with Gasteiger partial charge < -0.3 is 20.4 Å². The molecule has 0 unspecified atom stereocenters. The number of hydrogen-bond acceptors (Lipinski definition) is 4. The predicted octanol–water partition coefficient (Wildman–Crippen LogP) is 1.07. The molecule has 1 aromatic rings. The second-order valence-electron chi connectivity index (χ2n) is 5.67. The summed E-state index contributed by atoms with van der Waals surface area (Å²) in [5.74, 6) is 0.375. The van der Waals surface area contributed by atoms with Crippen LogP contribution in [0.15, 0.2) is 18.3 Å². The summed E-state index contributed by atoms with van der Waals surface area (Å²) in [6, 6.07) is 3.56. The van der Waals surface area contributed by atoms with Crippen LogP contribution in [-0.2, 0) is 4.79 Å². The lowest BCUT2D eigenvalue weighted by Gasteiger charge is -2.33. The zero-order valence-corrected chi connectivity index (χ0v) is 13.8. The van der Waals surface area contributed by atoms with Crippen molar-refractivity contribution in [1.29, 1.82) is 0 Å². The van der Waals surface area contributed by atoms with E-state index < -0.39 is 0 Å². The van der Waals surface area contributed by atoms with Gasteiger partial charge in [-0.2, -0.15) is 0 Å². The maximum atomic E-state index is 12.0. The number of rotatable bonds is 5. The molecule has 0 atom stereocenters. The lowest BCUT2D eigenvalue weighted by atomic mass is 10.3. The van der Waals surface area contributed by atoms with Crippen LogP contribution in [0.5, 0.6) is 0 Å². The molecule has 2 heterocycles. The maximum Gasteiger partial charge on any atom is 0.317 e. The van der Waals surface area contributed by atoms with Crippen LogP contribution < -0.4 is 10.6 Å². The van der Waals surface area contributed by atoms with Crippen molar-refractivity contribution in [3.63, 3.8) is 0 Å². The summed E-state index contributed by atoms with van der Waals surface area (Å²) in [5.41, 5.74) is 1.04. The van der Waals surface area contributed by atoms with Gasteiger partial charge in [0.05, 0.1) is 0 Å². The molecule has 1 aliphatic rings. The number of likely N-dealkylation sites (N-methyl/N-ethyl adjacent to an activating group) is 1. The predicted molar refractivity (Wildman–Crippen MR) is 89.3 cm³/mol. The summed E-state index contributed by atoms with van der Waals surface area (Å²) >= 11 is 0. The fraction of sp³-hybridized carbons (Fsp3) is 0.562. The van der Waals surface area contributed by atoms with Crippen molar-refractivity contribution in [2.75, 3.05) is 44.6 Å². The molecule has 23 heavy (non-hydrogen) atoms. The van der Waals surface area contributed by atoms with Crippen molar-refractivity contribution in [2.45, 2.75) is 20.3 Å². The maximum absolute atomic E-state index is 12.0. The quantitative estimate of drug-likeness (QED) is 0.851. The number of piperazine rings is 1. The summed E-state index contributed by atoms with van der Waals surface area (Å²) < 4.78 is 0. The second-order valence-corrected chi connectivity index (χ2v) is 5.67. The SMILES string of the molecule is CCN1CCN(C(=O)NCCC(=O)Nc2ccc(C)cn2)CC1. The minimum Gasteiger partial charge on any atom is -0.337 e. The van der Waals surface area contributed by atoms with Gasteiger partial charge in [-0.3, -0.25) is 4.79 Å². The van der Waals surface area contributed by atoms with Crippen molar-refractivity contribution in [1.82, 2.24) is 20.1 Å². The van der Waals surface area contributed by atoms with Gasteiger partial charge in [0.15, 0.2) is 0 Å². The third-order valence-electron chi connectivity index (χ3n) is 3.91. The standard InChI is InChI=1S/C16H25N5O2/c1-3-20-8-10-21(11-9-20)16(23)17-7-6-15(22)19-14-5-4-13(2)12-18-14/h4-5,12H,3,6-11H2,1-2H3,(H,17,23)(H,18,19,22). The Morgan fingerprint density at radius 2 is 1.96 bits per heavy atom. The summed E-state index contributed by atoms with van der Waals surface area (Å²) in [6.45, 7) is 8.68. The molecule has 126 valence electrons. The van der Waals surface area contributed by atoms with Crippen molar-refractivity contribution in [2.24, 2.45) is 0 Å². The van der Waals surface area contributed by atoms with Crippen molar-refractivity contribution in [3.05, 3.63) is 23.9 Å². The van der Waals surface area contributed by atoms with E-state index in [1.807, 2.05) is 13.0 Å². The van der Waals surface area contributed by atoms with Crippen LogP contribution in [-0.4, -0.2) is 66.0 Å². The van der Waals surface area contributed by atoms with E-state index in [9.17, 15) is 9.59 Å². The molecule has 0 radical (unpaired) electrons. The molecule has 0 bridgehead atoms. The van der Waals surface area contributed by atoms with Gasteiger partial charge in [0.1, 0.15) is 5.82 Å². The fourth-order valence-electron chi connectivity index (χ4n) is 2.41. The summed E-state index contributed by atoms with van der Waals surface area (Å²) in [4.78, 5) is 32.1. The average Bonchev–Trinajstić information content (AvgIpc) is 2.57. The van der Waals surface area contributed by atoms with E-state index in [0.29, 0.717) is 12.4 Å². The van der Waals surface area contributed by atoms with Gasteiger partial charge >= 0.3 is 6.03 Å². The van der Waals surface area contributed by atoms with Crippen LogP contribution in [0.3, 0.4) is 0 Å². The molecule has 1 saturated heterocycles. The third-order valence-corrected chi connectivity index (χ3v) is 3.91. The Labute approximate surface area is 137 Å². The van der Waals surface area contributed by atoms with E-state index in [2.05, 4.69) is 27.4 Å². The van der Waals surface area contributed by atoms with Gasteiger partial charge in [0.25, 0.3) is 0 Å². The van der Waals surface area contributed by atoms with E-state index in [4.69, 9.17) is 0 Å². The Bertz CT molecular complexity index is 524. The number of pyridine rings is 1. The Morgan fingerprint density at radius 1 is 1.22 bits per heavy atom. The number of nitrogens with zero attached hydrogens (tertiary/aromatic N) is 3. The Hall–Kier alpha value is -2.15. The first kappa shape index (κ1) is 17.2. The normalized spacial score (nSPS) is 15.3. The molecule has 0 aromatic carbocycles. The molecule has 7 nitrogen and oxygen atoms in total. The molecular formula is C16H25N5O2. The molecule has 0 saturated carbocycles. The summed E-state index contributed by atoms with van der Waals surface area (Å²) in [7, 11) is 0. The smallest absolute Gasteiger partial charge is 0.317 e. The fourth-order valence-corrected chi connectivity index (χ4v) is 2.41. The number of nitrogens with one attached hydrogen (secondary N) is 2. The van der Waals surface area contributed by atoms with Gasteiger partial charge in [0.2, 0.25) is 5.91 Å². The van der Waals surface area contributed by atoms with Gasteiger partial charge in [-0.05, 0) is 25.1 Å². The van der Waals surface area contributed by atoms with Gasteiger partial charge in [0, 0.05) is 45.3 Å². The van der Waals surface area contributed by atoms with E-state index in [1.165, 1.54) is 0 Å². The highest BCUT2D eigenvalue weighted by Crippen LogP contribution is 2.04. The largest absolute Gasteiger partial charge is 0.337 e. The number of aromatic nitrogens is 1. The average molecular weight is 319 g/mol. The van der Waals surface area contributed by atoms with Crippen LogP contribution in [0.1, 0.15) is 18.9 Å². The number of urea groups is 1. The third kappa shape index (κ3) is 5.52. The summed E-state index contributed by atoms with van der Waals surface area (Å²) in [5, 5.41) is 5.51. The number of amides is 3. The zero-order chi connectivity index (χ0) is 16.7. The topological polar surface area (TPSA) is 77.6 Å². The van der Waals surface area contributed by atoms with Gasteiger partial charge in [-0.25, -0.2) is 9.78 Å². The van der Waals surface area contributed by atoms with Gasteiger partial charge in [-0.15, -0.1) is 0 Å². The highest BCUT2D eigenvalue weighted by Gasteiger charge is 2.19. The first-order valence-electron chi connectivity index (χ1n) is 8.06. The molecule has 2 rings (SSSR count). The van der Waals surface area contributed by atoms with Crippen molar-refractivity contribution < 1.29 is 9.59 Å². The minimum atomic E-state index is -0.155. The molecule has 1 fully saturated rings. The monoisotopic (exact) mass is 319 g/mol. The van der Waals surface area contributed by atoms with Crippen molar-refractivity contribution in [3.8, 4) is 0 Å². The van der Waals surface area contributed by atoms with Crippen LogP contribution in [0.25, 0.3) is 0 Å². The lowest BCUT2D eigenvalue weighted by molar-refractivity contribution is -0.116. The Balaban J connectivity index is 1.65. The number of aryl methyl sites for hydroxylation is 1. The van der Waals surface area contributed by atoms with E-state index in [0.717, 1.165) is 38.3 Å². The number of carbonyl (C=O) groups is 2. The molecule has 0 aliphatic carbocycles. The van der Waals surface area contributed by atoms with E-state index in [-0.39, 0.29) is 18.4 Å². The molecular weight excluding hydrogens is 294 g/mol.